The molecule has 0 N–H and O–H groups in total. The van der Waals surface area contributed by atoms with Crippen LogP contribution in [0.1, 0.15) is 50.8 Å². The van der Waals surface area contributed by atoms with E-state index in [9.17, 15) is 4.79 Å². The van der Waals surface area contributed by atoms with Gasteiger partial charge in [-0.1, -0.05) is 58.0 Å². The molecule has 0 fully saturated rings. The lowest BCUT2D eigenvalue weighted by Gasteiger charge is -2.09. The van der Waals surface area contributed by atoms with Crippen molar-refractivity contribution in [2.24, 2.45) is 0 Å². The van der Waals surface area contributed by atoms with Crippen LogP contribution in [0.3, 0.4) is 0 Å². The van der Waals surface area contributed by atoms with Crippen LogP contribution in [0.2, 0.25) is 0 Å². The van der Waals surface area contributed by atoms with Crippen LogP contribution in [0, 0.1) is 0 Å². The van der Waals surface area contributed by atoms with Gasteiger partial charge in [0.15, 0.2) is 0 Å². The maximum atomic E-state index is 10.2. The Bertz CT molecular complexity index is 351. The average molecular weight is 232 g/mol. The van der Waals surface area contributed by atoms with E-state index in [1.807, 2.05) is 26.0 Å². The molecular formula is C16H24O. The van der Waals surface area contributed by atoms with Gasteiger partial charge in [0, 0.05) is 6.42 Å². The van der Waals surface area contributed by atoms with Gasteiger partial charge in [-0.3, -0.25) is 0 Å². The summed E-state index contributed by atoms with van der Waals surface area (Å²) in [5.74, 6) is 0. The fraction of sp³-hybridized carbons (Fsp3) is 0.438. The first-order valence-electron chi connectivity index (χ1n) is 6.54. The maximum Gasteiger partial charge on any atom is 0.123 e. The monoisotopic (exact) mass is 232 g/mol. The molecule has 1 heteroatoms. The van der Waals surface area contributed by atoms with E-state index in [2.05, 4.69) is 32.0 Å². The van der Waals surface area contributed by atoms with E-state index in [4.69, 9.17) is 0 Å². The third-order valence-electron chi connectivity index (χ3n) is 2.57. The summed E-state index contributed by atoms with van der Waals surface area (Å²) in [5, 5.41) is 0. The predicted molar refractivity (Wildman–Crippen MR) is 76.3 cm³/mol. The number of allylic oxidation sites excluding steroid dienone is 1. The van der Waals surface area contributed by atoms with Gasteiger partial charge >= 0.3 is 0 Å². The third-order valence-corrected chi connectivity index (χ3v) is 2.57. The molecule has 0 aliphatic carbocycles. The summed E-state index contributed by atoms with van der Waals surface area (Å²) in [7, 11) is 0. The van der Waals surface area contributed by atoms with Crippen molar-refractivity contribution in [3.8, 4) is 0 Å². The van der Waals surface area contributed by atoms with Crippen LogP contribution >= 0.6 is 0 Å². The standard InChI is InChI=1S/C14H18O.C2H6/c1-3-12-9-7-10-13(14(12)4-2)8-5-6-11-15;1-2/h5,7-11H,3-4,6H2,1-2H3;1-2H3/b8-5+;. The predicted octanol–water partition coefficient (Wildman–Crippen LogP) is 4.44. The molecule has 0 aromatic heterocycles. The molecule has 0 bridgehead atoms. The molecule has 1 rings (SSSR count). The minimum absolute atomic E-state index is 0.500. The largest absolute Gasteiger partial charge is 0.303 e. The Balaban J connectivity index is 0.00000121. The van der Waals surface area contributed by atoms with Crippen molar-refractivity contribution in [3.05, 3.63) is 41.0 Å². The van der Waals surface area contributed by atoms with Crippen LogP contribution in [-0.2, 0) is 17.6 Å². The van der Waals surface area contributed by atoms with Crippen molar-refractivity contribution in [2.75, 3.05) is 0 Å². The Labute approximate surface area is 106 Å². The normalized spacial score (nSPS) is 9.88. The summed E-state index contributed by atoms with van der Waals surface area (Å²) in [4.78, 5) is 10.2. The third kappa shape index (κ3) is 4.99. The van der Waals surface area contributed by atoms with Gasteiger partial charge in [-0.2, -0.15) is 0 Å². The second kappa shape index (κ2) is 9.83. The molecule has 0 heterocycles. The Kier molecular flexibility index (Phi) is 9.04. The quantitative estimate of drug-likeness (QED) is 0.686. The Morgan fingerprint density at radius 1 is 1.12 bits per heavy atom. The first kappa shape index (κ1) is 15.6. The van der Waals surface area contributed by atoms with Gasteiger partial charge in [-0.05, 0) is 29.5 Å². The van der Waals surface area contributed by atoms with Crippen LogP contribution in [-0.4, -0.2) is 6.29 Å². The Hall–Kier alpha value is -1.37. The maximum absolute atomic E-state index is 10.2. The zero-order valence-electron chi connectivity index (χ0n) is 11.5. The minimum Gasteiger partial charge on any atom is -0.303 e. The zero-order valence-corrected chi connectivity index (χ0v) is 11.5. The first-order valence-corrected chi connectivity index (χ1v) is 6.54. The number of hydrogen-bond donors (Lipinski definition) is 0. The van der Waals surface area contributed by atoms with E-state index in [1.54, 1.807) is 0 Å². The molecule has 1 aromatic rings. The van der Waals surface area contributed by atoms with Gasteiger partial charge in [0.25, 0.3) is 0 Å². The van der Waals surface area contributed by atoms with Crippen LogP contribution in [0.4, 0.5) is 0 Å². The number of rotatable bonds is 5. The molecule has 0 saturated carbocycles. The Morgan fingerprint density at radius 3 is 2.35 bits per heavy atom. The van der Waals surface area contributed by atoms with E-state index in [0.717, 1.165) is 19.1 Å². The minimum atomic E-state index is 0.500. The summed E-state index contributed by atoms with van der Waals surface area (Å²) in [6.07, 6.45) is 7.50. The average Bonchev–Trinajstić information content (AvgIpc) is 2.41. The van der Waals surface area contributed by atoms with E-state index < -0.39 is 0 Å². The number of carbonyl (C=O) groups excluding carboxylic acids is 1. The molecule has 0 amide bonds. The topological polar surface area (TPSA) is 17.1 Å². The number of aldehydes is 1. The Morgan fingerprint density at radius 2 is 1.82 bits per heavy atom. The van der Waals surface area contributed by atoms with Gasteiger partial charge < -0.3 is 4.79 Å². The molecule has 0 saturated heterocycles. The SMILES string of the molecule is CC.CCc1cccc(/C=C/CC=O)c1CC. The van der Waals surface area contributed by atoms with E-state index in [1.165, 1.54) is 16.7 Å². The highest BCUT2D eigenvalue weighted by molar-refractivity contribution is 5.60. The zero-order chi connectivity index (χ0) is 13.1. The molecule has 94 valence electrons. The van der Waals surface area contributed by atoms with Gasteiger partial charge in [-0.15, -0.1) is 0 Å². The van der Waals surface area contributed by atoms with Crippen LogP contribution in [0.25, 0.3) is 6.08 Å². The van der Waals surface area contributed by atoms with E-state index in [0.29, 0.717) is 6.42 Å². The fourth-order valence-corrected chi connectivity index (χ4v) is 1.82. The van der Waals surface area contributed by atoms with Crippen molar-refractivity contribution in [1.29, 1.82) is 0 Å². The fourth-order valence-electron chi connectivity index (χ4n) is 1.82. The highest BCUT2D eigenvalue weighted by Gasteiger charge is 2.01. The molecule has 0 spiro atoms. The summed E-state index contributed by atoms with van der Waals surface area (Å²) in [5.41, 5.74) is 4.06. The molecule has 17 heavy (non-hydrogen) atoms. The summed E-state index contributed by atoms with van der Waals surface area (Å²) in [6, 6.07) is 6.37. The van der Waals surface area contributed by atoms with Crippen molar-refractivity contribution in [3.63, 3.8) is 0 Å². The molecule has 0 unspecified atom stereocenters. The second-order valence-electron chi connectivity index (χ2n) is 3.50. The second-order valence-corrected chi connectivity index (χ2v) is 3.50. The molecule has 0 atom stereocenters. The van der Waals surface area contributed by atoms with Gasteiger partial charge in [0.1, 0.15) is 6.29 Å². The molecular weight excluding hydrogens is 208 g/mol. The van der Waals surface area contributed by atoms with Crippen molar-refractivity contribution >= 4 is 12.4 Å². The molecule has 0 radical (unpaired) electrons. The van der Waals surface area contributed by atoms with Crippen molar-refractivity contribution in [1.82, 2.24) is 0 Å². The van der Waals surface area contributed by atoms with Crippen LogP contribution in [0.15, 0.2) is 24.3 Å². The smallest absolute Gasteiger partial charge is 0.123 e. The molecule has 1 nitrogen and oxygen atoms in total. The van der Waals surface area contributed by atoms with Crippen molar-refractivity contribution < 1.29 is 4.79 Å². The lowest BCUT2D eigenvalue weighted by Crippen LogP contribution is -1.94. The number of hydrogen-bond acceptors (Lipinski definition) is 1. The van der Waals surface area contributed by atoms with Gasteiger partial charge in [0.2, 0.25) is 0 Å². The highest BCUT2D eigenvalue weighted by Crippen LogP contribution is 2.17. The van der Waals surface area contributed by atoms with E-state index >= 15 is 0 Å². The van der Waals surface area contributed by atoms with Crippen molar-refractivity contribution in [2.45, 2.75) is 47.0 Å². The van der Waals surface area contributed by atoms with Gasteiger partial charge in [-0.25, -0.2) is 0 Å². The number of carbonyl (C=O) groups is 1. The van der Waals surface area contributed by atoms with E-state index in [-0.39, 0.29) is 0 Å². The van der Waals surface area contributed by atoms with Gasteiger partial charge in [0.05, 0.1) is 0 Å². The first-order chi connectivity index (χ1) is 8.33. The molecule has 1 aromatic carbocycles. The summed E-state index contributed by atoms with van der Waals surface area (Å²) >= 11 is 0. The van der Waals surface area contributed by atoms with Crippen LogP contribution in [0.5, 0.6) is 0 Å². The lowest BCUT2D eigenvalue weighted by atomic mass is 9.97. The molecule has 0 aliphatic heterocycles. The highest BCUT2D eigenvalue weighted by atomic mass is 16.1. The van der Waals surface area contributed by atoms with Crippen LogP contribution < -0.4 is 0 Å². The number of benzene rings is 1. The summed E-state index contributed by atoms with van der Waals surface area (Å²) in [6.45, 7) is 8.35. The number of aryl methyl sites for hydroxylation is 1. The summed E-state index contributed by atoms with van der Waals surface area (Å²) < 4.78 is 0. The molecule has 0 aliphatic rings. The lowest BCUT2D eigenvalue weighted by molar-refractivity contribution is -0.107.